The van der Waals surface area contributed by atoms with E-state index in [1.54, 1.807) is 47.8 Å². The molecule has 0 saturated heterocycles. The van der Waals surface area contributed by atoms with Crippen LogP contribution in [0.4, 0.5) is 0 Å². The molecule has 8 nitrogen and oxygen atoms in total. The first-order valence-electron chi connectivity index (χ1n) is 9.62. The molecule has 3 aromatic rings. The van der Waals surface area contributed by atoms with Crippen LogP contribution in [0.15, 0.2) is 55.0 Å². The summed E-state index contributed by atoms with van der Waals surface area (Å²) < 4.78 is 1.92. The Morgan fingerprint density at radius 1 is 1.27 bits per heavy atom. The van der Waals surface area contributed by atoms with Gasteiger partial charge in [-0.05, 0) is 36.8 Å². The molecule has 2 amide bonds. The van der Waals surface area contributed by atoms with Crippen molar-refractivity contribution in [2.75, 3.05) is 6.54 Å². The van der Waals surface area contributed by atoms with Crippen molar-refractivity contribution >= 4 is 11.8 Å². The van der Waals surface area contributed by atoms with Gasteiger partial charge in [0.25, 0.3) is 11.8 Å². The minimum absolute atomic E-state index is 0.156. The van der Waals surface area contributed by atoms with Crippen LogP contribution >= 0.6 is 0 Å². The summed E-state index contributed by atoms with van der Waals surface area (Å²) in [5.74, 6) is 0.238. The van der Waals surface area contributed by atoms with Gasteiger partial charge in [0.2, 0.25) is 0 Å². The van der Waals surface area contributed by atoms with Crippen molar-refractivity contribution in [3.63, 3.8) is 0 Å². The van der Waals surface area contributed by atoms with Crippen LogP contribution in [0.2, 0.25) is 0 Å². The smallest absolute Gasteiger partial charge is 0.271 e. The van der Waals surface area contributed by atoms with Crippen molar-refractivity contribution < 1.29 is 9.59 Å². The van der Waals surface area contributed by atoms with Gasteiger partial charge in [0, 0.05) is 43.8 Å². The van der Waals surface area contributed by atoms with Gasteiger partial charge < -0.3 is 14.8 Å². The third-order valence-corrected chi connectivity index (χ3v) is 5.14. The van der Waals surface area contributed by atoms with Gasteiger partial charge in [-0.25, -0.2) is 4.98 Å². The lowest BCUT2D eigenvalue weighted by Crippen LogP contribution is -2.41. The third kappa shape index (κ3) is 3.78. The lowest BCUT2D eigenvalue weighted by atomic mass is 10.1. The minimum Gasteiger partial charge on any atom is -0.347 e. The van der Waals surface area contributed by atoms with E-state index in [9.17, 15) is 9.59 Å². The lowest BCUT2D eigenvalue weighted by molar-refractivity contribution is 0.0638. The fraction of sp³-hybridized carbons (Fsp3) is 0.227. The first kappa shape index (κ1) is 19.3. The molecule has 2 aromatic heterocycles. The number of rotatable bonds is 4. The Balaban J connectivity index is 1.49. The van der Waals surface area contributed by atoms with Crippen LogP contribution < -0.4 is 5.32 Å². The predicted molar refractivity (Wildman–Crippen MR) is 108 cm³/mol. The van der Waals surface area contributed by atoms with Gasteiger partial charge in [-0.1, -0.05) is 12.1 Å². The van der Waals surface area contributed by atoms with Gasteiger partial charge in [0.1, 0.15) is 11.5 Å². The molecule has 0 radical (unpaired) electrons. The van der Waals surface area contributed by atoms with Gasteiger partial charge in [-0.2, -0.15) is 5.26 Å². The molecule has 1 unspecified atom stereocenters. The molecular weight excluding hydrogens is 380 g/mol. The number of hydrogen-bond acceptors (Lipinski definition) is 5. The van der Waals surface area contributed by atoms with Crippen LogP contribution in [-0.2, 0) is 13.1 Å². The van der Waals surface area contributed by atoms with Crippen molar-refractivity contribution in [2.24, 2.45) is 0 Å². The van der Waals surface area contributed by atoms with Crippen molar-refractivity contribution in [1.82, 2.24) is 24.8 Å². The van der Waals surface area contributed by atoms with E-state index in [0.717, 1.165) is 5.56 Å². The van der Waals surface area contributed by atoms with Crippen LogP contribution in [-0.4, -0.2) is 37.8 Å². The number of nitrogens with one attached hydrogen (secondary N) is 1. The molecule has 1 atom stereocenters. The summed E-state index contributed by atoms with van der Waals surface area (Å²) >= 11 is 0. The van der Waals surface area contributed by atoms with Crippen LogP contribution in [0.3, 0.4) is 0 Å². The quantitative estimate of drug-likeness (QED) is 0.724. The molecule has 1 aliphatic heterocycles. The highest BCUT2D eigenvalue weighted by atomic mass is 16.2. The number of nitrogens with zero attached hydrogens (tertiary/aromatic N) is 5. The first-order chi connectivity index (χ1) is 14.6. The van der Waals surface area contributed by atoms with Crippen molar-refractivity contribution in [2.45, 2.75) is 26.1 Å². The molecule has 30 heavy (non-hydrogen) atoms. The Morgan fingerprint density at radius 2 is 2.13 bits per heavy atom. The standard InChI is InChI=1S/C22H20N6O2/c1-15-20-26-19(21(29)25-13-17-5-3-7-24-12-17)14-27(20)8-9-28(15)22(30)18-6-2-4-16(10-18)11-23/h2-7,10,12,14-15H,8-9,13H2,1H3,(H,25,29). The summed E-state index contributed by atoms with van der Waals surface area (Å²) in [5, 5.41) is 11.9. The number of nitriles is 1. The van der Waals surface area contributed by atoms with Crippen LogP contribution in [0.5, 0.6) is 0 Å². The normalized spacial score (nSPS) is 15.2. The van der Waals surface area contributed by atoms with Gasteiger partial charge >= 0.3 is 0 Å². The van der Waals surface area contributed by atoms with E-state index in [1.165, 1.54) is 0 Å². The molecule has 4 rings (SSSR count). The number of benzene rings is 1. The number of carbonyl (C=O) groups excluding carboxylic acids is 2. The number of pyridine rings is 1. The molecule has 8 heteroatoms. The fourth-order valence-corrected chi connectivity index (χ4v) is 3.54. The Hall–Kier alpha value is -3.99. The number of hydrogen-bond donors (Lipinski definition) is 1. The second-order valence-electron chi connectivity index (χ2n) is 7.09. The fourth-order valence-electron chi connectivity index (χ4n) is 3.54. The summed E-state index contributed by atoms with van der Waals surface area (Å²) in [7, 11) is 0. The Morgan fingerprint density at radius 3 is 2.90 bits per heavy atom. The van der Waals surface area contributed by atoms with E-state index >= 15 is 0 Å². The van der Waals surface area contributed by atoms with Gasteiger partial charge in [0.15, 0.2) is 0 Å². The summed E-state index contributed by atoms with van der Waals surface area (Å²) in [6.07, 6.45) is 5.10. The zero-order chi connectivity index (χ0) is 21.1. The van der Waals surface area contributed by atoms with Crippen molar-refractivity contribution in [3.05, 3.63) is 83.2 Å². The second-order valence-corrected chi connectivity index (χ2v) is 7.09. The van der Waals surface area contributed by atoms with E-state index in [4.69, 9.17) is 5.26 Å². The molecule has 1 aliphatic rings. The van der Waals surface area contributed by atoms with Gasteiger partial charge in [-0.15, -0.1) is 0 Å². The molecule has 3 heterocycles. The Labute approximate surface area is 173 Å². The van der Waals surface area contributed by atoms with E-state index in [0.29, 0.717) is 42.3 Å². The van der Waals surface area contributed by atoms with E-state index in [-0.39, 0.29) is 17.9 Å². The van der Waals surface area contributed by atoms with Crippen LogP contribution in [0, 0.1) is 11.3 Å². The van der Waals surface area contributed by atoms with E-state index < -0.39 is 0 Å². The molecule has 0 spiro atoms. The highest BCUT2D eigenvalue weighted by Gasteiger charge is 2.31. The number of fused-ring (bicyclic) bond motifs is 1. The zero-order valence-electron chi connectivity index (χ0n) is 16.4. The minimum atomic E-state index is -0.295. The molecule has 1 N–H and O–H groups in total. The SMILES string of the molecule is CC1c2nc(C(=O)NCc3cccnc3)cn2CCN1C(=O)c1cccc(C#N)c1. The monoisotopic (exact) mass is 400 g/mol. The molecule has 0 aliphatic carbocycles. The van der Waals surface area contributed by atoms with Gasteiger partial charge in [-0.3, -0.25) is 14.6 Å². The summed E-state index contributed by atoms with van der Waals surface area (Å²) in [6, 6.07) is 12.1. The average molecular weight is 400 g/mol. The van der Waals surface area contributed by atoms with E-state index in [2.05, 4.69) is 21.4 Å². The van der Waals surface area contributed by atoms with Crippen molar-refractivity contribution in [1.29, 1.82) is 5.26 Å². The largest absolute Gasteiger partial charge is 0.347 e. The predicted octanol–water partition coefficient (Wildman–Crippen LogP) is 2.30. The zero-order valence-corrected chi connectivity index (χ0v) is 16.4. The molecule has 1 aromatic carbocycles. The Bertz CT molecular complexity index is 1130. The maximum absolute atomic E-state index is 13.0. The molecule has 0 bridgehead atoms. The summed E-state index contributed by atoms with van der Waals surface area (Å²) in [5.41, 5.74) is 2.14. The Kier molecular flexibility index (Phi) is 5.26. The van der Waals surface area contributed by atoms with E-state index in [1.807, 2.05) is 23.6 Å². The second kappa shape index (κ2) is 8.17. The van der Waals surface area contributed by atoms with Crippen LogP contribution in [0.1, 0.15) is 50.8 Å². The summed E-state index contributed by atoms with van der Waals surface area (Å²) in [4.78, 5) is 35.8. The topological polar surface area (TPSA) is 104 Å². The number of aromatic nitrogens is 3. The highest BCUT2D eigenvalue weighted by Crippen LogP contribution is 2.26. The number of imidazole rings is 1. The maximum atomic E-state index is 13.0. The van der Waals surface area contributed by atoms with Crippen molar-refractivity contribution in [3.8, 4) is 6.07 Å². The maximum Gasteiger partial charge on any atom is 0.271 e. The molecule has 0 fully saturated rings. The first-order valence-corrected chi connectivity index (χ1v) is 9.62. The third-order valence-electron chi connectivity index (χ3n) is 5.14. The average Bonchev–Trinajstić information content (AvgIpc) is 3.23. The molecule has 0 saturated carbocycles. The van der Waals surface area contributed by atoms with Crippen LogP contribution in [0.25, 0.3) is 0 Å². The molecular formula is C22H20N6O2. The highest BCUT2D eigenvalue weighted by molar-refractivity contribution is 5.95. The number of amides is 2. The number of carbonyl (C=O) groups is 2. The summed E-state index contributed by atoms with van der Waals surface area (Å²) in [6.45, 7) is 3.30. The lowest BCUT2D eigenvalue weighted by Gasteiger charge is -2.33. The van der Waals surface area contributed by atoms with Gasteiger partial charge in [0.05, 0.1) is 17.7 Å². The molecule has 150 valence electrons.